The average Bonchev–Trinajstić information content (AvgIpc) is 3.47. The number of hydrogen-bond acceptors (Lipinski definition) is 3. The van der Waals surface area contributed by atoms with Crippen molar-refractivity contribution >= 4 is 40.3 Å². The number of thiocarbonyl (C=S) groups is 1. The van der Waals surface area contributed by atoms with Gasteiger partial charge in [0.05, 0.1) is 34.2 Å². The fourth-order valence-electron chi connectivity index (χ4n) is 7.47. The van der Waals surface area contributed by atoms with Crippen LogP contribution in [0.4, 0.5) is 11.4 Å². The van der Waals surface area contributed by atoms with E-state index in [-0.39, 0.29) is 12.1 Å². The highest BCUT2D eigenvalue weighted by molar-refractivity contribution is 7.80. The van der Waals surface area contributed by atoms with Crippen molar-refractivity contribution in [3.8, 4) is 5.69 Å². The van der Waals surface area contributed by atoms with E-state index in [4.69, 9.17) is 28.8 Å². The van der Waals surface area contributed by atoms with E-state index in [0.29, 0.717) is 16.9 Å². The predicted molar refractivity (Wildman–Crippen MR) is 184 cm³/mol. The molecule has 0 aliphatic carbocycles. The van der Waals surface area contributed by atoms with Gasteiger partial charge in [-0.05, 0) is 111 Å². The van der Waals surface area contributed by atoms with Crippen LogP contribution in [0.25, 0.3) is 5.69 Å². The molecule has 2 aliphatic heterocycles. The Kier molecular flexibility index (Phi) is 8.27. The van der Waals surface area contributed by atoms with Crippen LogP contribution in [0.1, 0.15) is 73.0 Å². The van der Waals surface area contributed by atoms with Gasteiger partial charge in [-0.3, -0.25) is 4.98 Å². The summed E-state index contributed by atoms with van der Waals surface area (Å²) < 4.78 is 2.42. The summed E-state index contributed by atoms with van der Waals surface area (Å²) in [7, 11) is 0. The minimum absolute atomic E-state index is 0.103. The number of rotatable bonds is 6. The Balaban J connectivity index is 1.47. The van der Waals surface area contributed by atoms with E-state index in [1.54, 1.807) is 0 Å². The molecular weight excluding hydrogens is 570 g/mol. The highest BCUT2D eigenvalue weighted by Gasteiger charge is 2.42. The molecule has 2 aromatic heterocycles. The zero-order valence-corrected chi connectivity index (χ0v) is 27.6. The quantitative estimate of drug-likeness (QED) is 0.221. The Morgan fingerprint density at radius 3 is 2.42 bits per heavy atom. The van der Waals surface area contributed by atoms with Crippen molar-refractivity contribution in [2.45, 2.75) is 66.5 Å². The number of benzene rings is 2. The van der Waals surface area contributed by atoms with Gasteiger partial charge in [0.25, 0.3) is 0 Å². The van der Waals surface area contributed by atoms with Crippen LogP contribution in [-0.4, -0.2) is 27.8 Å². The van der Waals surface area contributed by atoms with Gasteiger partial charge < -0.3 is 19.7 Å². The number of nitrogens with one attached hydrogen (secondary N) is 1. The van der Waals surface area contributed by atoms with Crippen molar-refractivity contribution in [1.29, 1.82) is 0 Å². The predicted octanol–water partition coefficient (Wildman–Crippen LogP) is 8.67. The lowest BCUT2D eigenvalue weighted by molar-refractivity contribution is 0.357. The number of nitrogens with zero attached hydrogens (tertiary/aromatic N) is 4. The molecular formula is C36H42ClN5S. The van der Waals surface area contributed by atoms with Gasteiger partial charge in [0.1, 0.15) is 0 Å². The summed E-state index contributed by atoms with van der Waals surface area (Å²) in [5.41, 5.74) is 10.6. The highest BCUT2D eigenvalue weighted by atomic mass is 35.5. The fraction of sp³-hybridized carbons (Fsp3) is 0.389. The first kappa shape index (κ1) is 29.7. The molecule has 4 atom stereocenters. The van der Waals surface area contributed by atoms with E-state index in [2.05, 4.69) is 110 Å². The summed E-state index contributed by atoms with van der Waals surface area (Å²) in [5.74, 6) is 1.30. The van der Waals surface area contributed by atoms with Crippen LogP contribution in [0.2, 0.25) is 5.02 Å². The van der Waals surface area contributed by atoms with E-state index in [1.165, 1.54) is 40.2 Å². The van der Waals surface area contributed by atoms with E-state index >= 15 is 0 Å². The lowest BCUT2D eigenvalue weighted by Gasteiger charge is -2.37. The third-order valence-corrected chi connectivity index (χ3v) is 9.85. The zero-order valence-electron chi connectivity index (χ0n) is 26.1. The number of aromatic nitrogens is 2. The summed E-state index contributed by atoms with van der Waals surface area (Å²) >= 11 is 13.1. The van der Waals surface area contributed by atoms with E-state index in [0.717, 1.165) is 41.6 Å². The number of aryl methyl sites for hydroxylation is 3. The van der Waals surface area contributed by atoms with Gasteiger partial charge in [-0.2, -0.15) is 0 Å². The molecule has 2 aromatic carbocycles. The maximum atomic E-state index is 7.07. The molecule has 224 valence electrons. The van der Waals surface area contributed by atoms with Crippen LogP contribution in [0.3, 0.4) is 0 Å². The molecule has 0 radical (unpaired) electrons. The summed E-state index contributed by atoms with van der Waals surface area (Å²) in [6, 6.07) is 21.3. The lowest BCUT2D eigenvalue weighted by Crippen LogP contribution is -2.38. The number of piperidine rings is 1. The summed E-state index contributed by atoms with van der Waals surface area (Å²) in [5, 5.41) is 5.08. The van der Waals surface area contributed by atoms with Gasteiger partial charge >= 0.3 is 0 Å². The fourth-order valence-corrected chi connectivity index (χ4v) is 8.11. The number of anilines is 2. The Hall–Kier alpha value is -3.35. The Bertz CT molecular complexity index is 1640. The van der Waals surface area contributed by atoms with Crippen LogP contribution in [-0.2, 0) is 6.42 Å². The van der Waals surface area contributed by atoms with Gasteiger partial charge in [0, 0.05) is 36.4 Å². The molecule has 1 N–H and O–H groups in total. The van der Waals surface area contributed by atoms with Crippen molar-refractivity contribution < 1.29 is 0 Å². The Morgan fingerprint density at radius 1 is 0.977 bits per heavy atom. The monoisotopic (exact) mass is 611 g/mol. The molecule has 2 fully saturated rings. The number of hydrogen-bond donors (Lipinski definition) is 1. The molecule has 6 rings (SSSR count). The first-order chi connectivity index (χ1) is 20.7. The molecule has 2 aliphatic rings. The maximum Gasteiger partial charge on any atom is 0.174 e. The van der Waals surface area contributed by atoms with E-state index in [1.807, 2.05) is 18.3 Å². The molecule has 5 nitrogen and oxygen atoms in total. The summed E-state index contributed by atoms with van der Waals surface area (Å²) in [4.78, 5) is 9.47. The minimum atomic E-state index is -0.118. The number of pyridine rings is 1. The molecule has 0 spiro atoms. The SMILES string of the molecule is CCc1cccc(C)c1-n1c(C)cc([C@H]2[C@@H](c3ccccn3)NC(=S)N2c2ccc(N3C[C@H](C)C[C@H](C)C3)c(Cl)c2)c1C. The largest absolute Gasteiger partial charge is 0.370 e. The van der Waals surface area contributed by atoms with Gasteiger partial charge in [0.15, 0.2) is 5.11 Å². The van der Waals surface area contributed by atoms with Gasteiger partial charge in [-0.15, -0.1) is 0 Å². The molecule has 0 amide bonds. The second kappa shape index (κ2) is 12.0. The highest BCUT2D eigenvalue weighted by Crippen LogP contribution is 2.45. The molecule has 0 bridgehead atoms. The van der Waals surface area contributed by atoms with E-state index < -0.39 is 0 Å². The molecule has 4 aromatic rings. The Labute approximate surface area is 266 Å². The molecule has 2 saturated heterocycles. The van der Waals surface area contributed by atoms with Gasteiger partial charge in [-0.1, -0.05) is 56.6 Å². The van der Waals surface area contributed by atoms with E-state index in [9.17, 15) is 0 Å². The first-order valence-corrected chi connectivity index (χ1v) is 16.3. The first-order valence-electron chi connectivity index (χ1n) is 15.5. The van der Waals surface area contributed by atoms with Crippen LogP contribution in [0.15, 0.2) is 66.9 Å². The smallest absolute Gasteiger partial charge is 0.174 e. The second-order valence-corrected chi connectivity index (χ2v) is 13.4. The molecule has 43 heavy (non-hydrogen) atoms. The second-order valence-electron chi connectivity index (χ2n) is 12.6. The van der Waals surface area contributed by atoms with Crippen molar-refractivity contribution in [2.75, 3.05) is 22.9 Å². The van der Waals surface area contributed by atoms with Crippen LogP contribution in [0.5, 0.6) is 0 Å². The van der Waals surface area contributed by atoms with Gasteiger partial charge in [0.2, 0.25) is 0 Å². The third kappa shape index (κ3) is 5.44. The third-order valence-electron chi connectivity index (χ3n) is 9.23. The van der Waals surface area contributed by atoms with Crippen molar-refractivity contribution in [2.24, 2.45) is 11.8 Å². The van der Waals surface area contributed by atoms with Crippen molar-refractivity contribution in [1.82, 2.24) is 14.9 Å². The maximum absolute atomic E-state index is 7.07. The van der Waals surface area contributed by atoms with Crippen LogP contribution in [0, 0.1) is 32.6 Å². The van der Waals surface area contributed by atoms with Crippen molar-refractivity contribution in [3.05, 3.63) is 106 Å². The summed E-state index contributed by atoms with van der Waals surface area (Å²) in [6.45, 7) is 15.6. The van der Waals surface area contributed by atoms with Gasteiger partial charge in [-0.25, -0.2) is 0 Å². The topological polar surface area (TPSA) is 36.3 Å². The lowest BCUT2D eigenvalue weighted by atomic mass is 9.91. The number of halogens is 1. The molecule has 0 unspecified atom stereocenters. The molecule has 4 heterocycles. The van der Waals surface area contributed by atoms with Crippen LogP contribution < -0.4 is 15.1 Å². The van der Waals surface area contributed by atoms with Crippen LogP contribution >= 0.6 is 23.8 Å². The minimum Gasteiger partial charge on any atom is -0.370 e. The normalized spacial score (nSPS) is 22.3. The molecule has 0 saturated carbocycles. The zero-order chi connectivity index (χ0) is 30.4. The number of para-hydroxylation sites is 1. The standard InChI is InChI=1S/C36H42ClN5S/c1-7-27-12-10-11-24(4)34(27)41-25(5)18-29(26(41)6)35-33(31-13-8-9-16-38-31)39-36(43)42(35)28-14-15-32(30(37)19-28)40-20-22(2)17-23(3)21-40/h8-16,18-19,22-23,33,35H,7,17,20-21H2,1-6H3,(H,39,43)/t22-,23+,33-,35+/m1/s1. The average molecular weight is 612 g/mol. The molecule has 7 heteroatoms. The van der Waals surface area contributed by atoms with Crippen molar-refractivity contribution in [3.63, 3.8) is 0 Å². The Morgan fingerprint density at radius 2 is 1.74 bits per heavy atom. The summed E-state index contributed by atoms with van der Waals surface area (Å²) in [6.07, 6.45) is 4.09.